The lowest BCUT2D eigenvalue weighted by Crippen LogP contribution is -2.33. The van der Waals surface area contributed by atoms with E-state index in [4.69, 9.17) is 9.90 Å². The number of hydrogen-bond acceptors (Lipinski definition) is 8. The minimum Gasteiger partial charge on any atom is -0.483 e. The molecule has 49 heavy (non-hydrogen) atoms. The molecule has 0 radical (unpaired) electrons. The summed E-state index contributed by atoms with van der Waals surface area (Å²) in [5.41, 5.74) is 3.72. The molecule has 3 aromatic heterocycles. The van der Waals surface area contributed by atoms with Gasteiger partial charge in [-0.15, -0.1) is 5.10 Å². The second-order valence-electron chi connectivity index (χ2n) is 11.4. The number of aromatic nitrogens is 5. The standard InChI is InChI=1S/C33H34F3N9O.CH2O2/c1-22-27(28-14-16-39-45(28)26-12-10-23(20-37)11-13-26)21-44-31(30(22)24-7-5-8-25(19-24)33(34,35)36)40-32(41-44)38-15-6-9-29(46)43(4)18-17-42(2)3;2-1-3/h5,7-8,10-14,16,19,21H,6,9,15,17-18H2,1-4H3,(H,38,41);1H,(H,2,3). The minimum absolute atomic E-state index is 0.0394. The van der Waals surface area contributed by atoms with Crippen LogP contribution in [0.5, 0.6) is 0 Å². The van der Waals surface area contributed by atoms with E-state index in [0.717, 1.165) is 18.7 Å². The number of likely N-dealkylation sites (N-methyl/N-ethyl adjacent to an activating group) is 2. The molecular weight excluding hydrogens is 639 g/mol. The van der Waals surface area contributed by atoms with E-state index < -0.39 is 11.7 Å². The molecule has 3 heterocycles. The summed E-state index contributed by atoms with van der Waals surface area (Å²) in [4.78, 5) is 29.3. The van der Waals surface area contributed by atoms with Crippen molar-refractivity contribution in [1.82, 2.24) is 34.2 Å². The SMILES string of the molecule is Cc1c(-c2ccnn2-c2ccc(C#N)cc2)cn2nc(NCCCC(=O)N(C)CCN(C)C)nc2c1-c1cccc(C(F)(F)F)c1.O=CO. The number of nitrogens with zero attached hydrogens (tertiary/aromatic N) is 8. The Morgan fingerprint density at radius 1 is 1.10 bits per heavy atom. The molecule has 0 atom stereocenters. The molecular formula is C34H36F3N9O3. The van der Waals surface area contributed by atoms with E-state index in [-0.39, 0.29) is 12.4 Å². The van der Waals surface area contributed by atoms with Gasteiger partial charge >= 0.3 is 6.18 Å². The van der Waals surface area contributed by atoms with Crippen LogP contribution >= 0.6 is 0 Å². The van der Waals surface area contributed by atoms with Crippen molar-refractivity contribution in [3.8, 4) is 34.1 Å². The number of fused-ring (bicyclic) bond motifs is 1. The number of pyridine rings is 1. The molecule has 0 aliphatic carbocycles. The number of hydrogen-bond donors (Lipinski definition) is 2. The fourth-order valence-electron chi connectivity index (χ4n) is 5.13. The average molecular weight is 676 g/mol. The van der Waals surface area contributed by atoms with E-state index in [1.54, 1.807) is 63.9 Å². The van der Waals surface area contributed by atoms with Crippen LogP contribution in [0.4, 0.5) is 19.1 Å². The van der Waals surface area contributed by atoms with Gasteiger partial charge in [0.05, 0.1) is 34.8 Å². The number of nitriles is 1. The zero-order valence-electron chi connectivity index (χ0n) is 27.4. The van der Waals surface area contributed by atoms with Gasteiger partial charge < -0.3 is 20.2 Å². The van der Waals surface area contributed by atoms with Crippen LogP contribution in [-0.2, 0) is 15.8 Å². The summed E-state index contributed by atoms with van der Waals surface area (Å²) in [6.45, 7) is 3.43. The number of nitrogens with one attached hydrogen (secondary N) is 1. The number of halogens is 3. The lowest BCUT2D eigenvalue weighted by Gasteiger charge is -2.19. The zero-order valence-corrected chi connectivity index (χ0v) is 27.4. The summed E-state index contributed by atoms with van der Waals surface area (Å²) < 4.78 is 44.5. The van der Waals surface area contributed by atoms with E-state index >= 15 is 0 Å². The molecule has 12 nitrogen and oxygen atoms in total. The van der Waals surface area contributed by atoms with Crippen LogP contribution in [0.15, 0.2) is 67.0 Å². The smallest absolute Gasteiger partial charge is 0.416 e. The van der Waals surface area contributed by atoms with Crippen LogP contribution in [0.2, 0.25) is 0 Å². The number of anilines is 1. The number of alkyl halides is 3. The van der Waals surface area contributed by atoms with Gasteiger partial charge in [-0.1, -0.05) is 12.1 Å². The van der Waals surface area contributed by atoms with Crippen molar-refractivity contribution in [3.05, 3.63) is 83.7 Å². The third-order valence-corrected chi connectivity index (χ3v) is 7.68. The molecule has 5 aromatic rings. The van der Waals surface area contributed by atoms with Gasteiger partial charge in [0.2, 0.25) is 11.9 Å². The molecule has 0 aliphatic rings. The largest absolute Gasteiger partial charge is 0.483 e. The Kier molecular flexibility index (Phi) is 11.7. The number of benzene rings is 2. The Morgan fingerprint density at radius 2 is 1.82 bits per heavy atom. The van der Waals surface area contributed by atoms with Crippen molar-refractivity contribution in [1.29, 1.82) is 5.26 Å². The van der Waals surface area contributed by atoms with Gasteiger partial charge in [-0.2, -0.15) is 28.5 Å². The number of carbonyl (C=O) groups is 2. The van der Waals surface area contributed by atoms with Crippen LogP contribution in [0.25, 0.3) is 33.7 Å². The molecule has 2 N–H and O–H groups in total. The van der Waals surface area contributed by atoms with E-state index in [2.05, 4.69) is 26.6 Å². The fourth-order valence-corrected chi connectivity index (χ4v) is 5.13. The van der Waals surface area contributed by atoms with Crippen LogP contribution < -0.4 is 5.32 Å². The highest BCUT2D eigenvalue weighted by Crippen LogP contribution is 2.38. The highest BCUT2D eigenvalue weighted by Gasteiger charge is 2.31. The number of amides is 1. The molecule has 0 saturated carbocycles. The molecule has 0 bridgehead atoms. The Hall–Kier alpha value is -5.75. The molecule has 0 unspecified atom stereocenters. The first-order valence-corrected chi connectivity index (χ1v) is 15.2. The van der Waals surface area contributed by atoms with Crippen molar-refractivity contribution >= 4 is 24.0 Å². The molecule has 0 saturated heterocycles. The highest BCUT2D eigenvalue weighted by molar-refractivity contribution is 5.87. The maximum absolute atomic E-state index is 13.8. The van der Waals surface area contributed by atoms with E-state index in [1.807, 2.05) is 32.0 Å². The normalized spacial score (nSPS) is 11.2. The monoisotopic (exact) mass is 675 g/mol. The number of rotatable bonds is 11. The van der Waals surface area contributed by atoms with Crippen molar-refractivity contribution in [2.24, 2.45) is 0 Å². The minimum atomic E-state index is -4.52. The Balaban J connectivity index is 0.00000174. The molecule has 0 spiro atoms. The molecule has 256 valence electrons. The summed E-state index contributed by atoms with van der Waals surface area (Å²) >= 11 is 0. The maximum Gasteiger partial charge on any atom is 0.416 e. The Morgan fingerprint density at radius 3 is 2.47 bits per heavy atom. The van der Waals surface area contributed by atoms with Gasteiger partial charge in [0.25, 0.3) is 6.47 Å². The first kappa shape index (κ1) is 36.1. The topological polar surface area (TPSA) is 145 Å². The summed E-state index contributed by atoms with van der Waals surface area (Å²) in [5, 5.41) is 28.4. The molecule has 0 fully saturated rings. The first-order valence-electron chi connectivity index (χ1n) is 15.2. The fraction of sp³-hybridized carbons (Fsp3) is 0.294. The highest BCUT2D eigenvalue weighted by atomic mass is 19.4. The molecule has 0 aliphatic heterocycles. The van der Waals surface area contributed by atoms with Crippen molar-refractivity contribution < 1.29 is 27.9 Å². The van der Waals surface area contributed by atoms with Crippen molar-refractivity contribution in [2.75, 3.05) is 46.1 Å². The summed E-state index contributed by atoms with van der Waals surface area (Å²) in [6.07, 6.45) is -0.211. The van der Waals surface area contributed by atoms with E-state index in [0.29, 0.717) is 76.7 Å². The number of carbonyl (C=O) groups excluding carboxylic acids is 1. The molecule has 1 amide bonds. The quantitative estimate of drug-likeness (QED) is 0.140. The summed E-state index contributed by atoms with van der Waals surface area (Å²) in [6, 6.07) is 16.0. The zero-order chi connectivity index (χ0) is 35.7. The average Bonchev–Trinajstić information content (AvgIpc) is 3.72. The van der Waals surface area contributed by atoms with Crippen molar-refractivity contribution in [2.45, 2.75) is 25.9 Å². The van der Waals surface area contributed by atoms with Gasteiger partial charge in [-0.3, -0.25) is 9.59 Å². The van der Waals surface area contributed by atoms with Crippen LogP contribution in [0.3, 0.4) is 0 Å². The summed E-state index contributed by atoms with van der Waals surface area (Å²) in [5.74, 6) is 0.330. The van der Waals surface area contributed by atoms with Crippen molar-refractivity contribution in [3.63, 3.8) is 0 Å². The Bertz CT molecular complexity index is 1940. The van der Waals surface area contributed by atoms with Gasteiger partial charge in [0, 0.05) is 50.4 Å². The Labute approximate surface area is 281 Å². The molecule has 5 rings (SSSR count). The van der Waals surface area contributed by atoms with Crippen LogP contribution in [0, 0.1) is 18.3 Å². The van der Waals surface area contributed by atoms with Gasteiger partial charge in [0.1, 0.15) is 0 Å². The summed E-state index contributed by atoms with van der Waals surface area (Å²) in [7, 11) is 5.69. The first-order chi connectivity index (χ1) is 23.4. The van der Waals surface area contributed by atoms with Crippen LogP contribution in [0.1, 0.15) is 29.5 Å². The predicted octanol–water partition coefficient (Wildman–Crippen LogP) is 5.36. The van der Waals surface area contributed by atoms with Crippen LogP contribution in [-0.4, -0.2) is 92.4 Å². The van der Waals surface area contributed by atoms with Gasteiger partial charge in [-0.05, 0) is 81.0 Å². The second-order valence-corrected chi connectivity index (χ2v) is 11.4. The second kappa shape index (κ2) is 15.9. The molecule has 15 heteroatoms. The lowest BCUT2D eigenvalue weighted by atomic mass is 9.95. The third kappa shape index (κ3) is 8.79. The predicted molar refractivity (Wildman–Crippen MR) is 178 cm³/mol. The van der Waals surface area contributed by atoms with E-state index in [1.165, 1.54) is 6.07 Å². The maximum atomic E-state index is 13.8. The lowest BCUT2D eigenvalue weighted by molar-refractivity contribution is -0.137. The van der Waals surface area contributed by atoms with E-state index in [9.17, 15) is 23.2 Å². The van der Waals surface area contributed by atoms with Gasteiger partial charge in [-0.25, -0.2) is 9.20 Å². The number of carboxylic acid groups (broad SMARTS) is 1. The third-order valence-electron chi connectivity index (χ3n) is 7.68. The van der Waals surface area contributed by atoms with Gasteiger partial charge in [0.15, 0.2) is 5.65 Å². The molecule has 2 aromatic carbocycles.